The van der Waals surface area contributed by atoms with Gasteiger partial charge in [0.2, 0.25) is 0 Å². The van der Waals surface area contributed by atoms with Gasteiger partial charge in [-0.05, 0) is 313 Å². The van der Waals surface area contributed by atoms with E-state index in [1.807, 2.05) is 183 Å². The third-order valence-electron chi connectivity index (χ3n) is 27.7. The Kier molecular flexibility index (Phi) is 43.9. The molecule has 33 heteroatoms. The molecule has 0 unspecified atom stereocenters. The second-order valence-electron chi connectivity index (χ2n) is 39.3. The summed E-state index contributed by atoms with van der Waals surface area (Å²) in [5.41, 5.74) is 15.4. The third-order valence-corrected chi connectivity index (χ3v) is 27.7. The maximum Gasteiger partial charge on any atom is 0.412 e. The van der Waals surface area contributed by atoms with Crippen molar-refractivity contribution in [3.05, 3.63) is 176 Å². The van der Waals surface area contributed by atoms with Gasteiger partial charge in [-0.1, -0.05) is 100 Å². The molecule has 5 aromatic carbocycles. The van der Waals surface area contributed by atoms with E-state index < -0.39 is 17.0 Å². The van der Waals surface area contributed by atoms with Gasteiger partial charge in [-0.2, -0.15) is 0 Å². The molecule has 33 nitrogen and oxygen atoms in total. The molecule has 5 amide bonds. The van der Waals surface area contributed by atoms with Gasteiger partial charge in [0.05, 0.1) is 114 Å². The molecule has 7 saturated carbocycles. The first-order valence-corrected chi connectivity index (χ1v) is 51.0. The van der Waals surface area contributed by atoms with Gasteiger partial charge >= 0.3 is 42.0 Å². The number of rotatable bonds is 31. The molecular formula is C111H153N11O22. The highest BCUT2D eigenvalue weighted by Gasteiger charge is 2.36. The number of nitro benzene ring substituents is 1. The van der Waals surface area contributed by atoms with Gasteiger partial charge in [0.1, 0.15) is 28.7 Å². The largest absolute Gasteiger partial charge is 0.490 e. The number of hydrogen-bond donors (Lipinski definition) is 5. The zero-order chi connectivity index (χ0) is 101. The molecule has 0 saturated heterocycles. The first kappa shape index (κ1) is 113. The standard InChI is InChI=1S/C28H31N3O8.C28H39N3O5.C25H33N3O5.C21H28N2O4.C7H14.2CH4/c1-17(2)36-27(32)20-5-4-6-24(15-20)37-22-11-7-19(8-12-22)26-25(18(3)30-39-26)16-29-28(33)38-23-13-9-21(10-14-23)31(34)35;1-18(2)34-27(32)21-8-7-11-24(16-21)35-23-14-12-20(13-15-23)26-25(19(3)30-36-26)17-29-28(33)31(4)22-9-5-6-10-22;1-16-22(15-26-25(31)28(2)19-7-3-4-8-19)23(33-27-16)17-10-12-20(13-11-17)32-21-9-5-6-18(14-21)24(29)30;1-13(2)25-21(24)16-5-4-6-18(11-16)26-17-9-7-15(8-10-17)20-19(12-22)14(3)23-27-20;1-2-7-5-3-4-6-7;;/h7-14,17,20,24H,4-6,15-16H2,1-3H3,(H,29,33);12-15,18,21-22,24H,5-11,16-17H2,1-4H3,(H,29,33);10-13,18-19,21H,3-9,14-15H2,1-2H3,(H,26,31)(H,29,30);7-10,13,16,18H,4-6,11-12,22H2,1-3H3;7H,2-6H2,1H3;2*1H4/t20-,24-;21-,24-;18-,21-;16-,18-;;;/m0000.../s1. The second kappa shape index (κ2) is 55.9. The summed E-state index contributed by atoms with van der Waals surface area (Å²) in [5, 5.41) is 45.0. The van der Waals surface area contributed by atoms with Crippen molar-refractivity contribution < 1.29 is 99.6 Å². The van der Waals surface area contributed by atoms with Crippen molar-refractivity contribution in [3.8, 4) is 74.0 Å². The molecular weight excluding hydrogens is 1840 g/mol. The summed E-state index contributed by atoms with van der Waals surface area (Å²) >= 11 is 0. The maximum absolute atomic E-state index is 12.7. The Labute approximate surface area is 847 Å². The molecule has 7 fully saturated rings. The van der Waals surface area contributed by atoms with Crippen LogP contribution in [0.15, 0.2) is 139 Å². The number of non-ortho nitro benzene ring substituents is 1. The summed E-state index contributed by atoms with van der Waals surface area (Å²) < 4.78 is 68.0. The van der Waals surface area contributed by atoms with Gasteiger partial charge in [-0.3, -0.25) is 29.3 Å². The number of aryl methyl sites for hydroxylation is 4. The Bertz CT molecular complexity index is 5520. The number of nitrogens with one attached hydrogen (secondary N) is 3. The zero-order valence-corrected chi connectivity index (χ0v) is 84.7. The third kappa shape index (κ3) is 33.1. The van der Waals surface area contributed by atoms with Crippen molar-refractivity contribution >= 4 is 47.7 Å². The minimum Gasteiger partial charge on any atom is -0.490 e. The Morgan fingerprint density at radius 3 is 0.965 bits per heavy atom. The number of aromatic nitrogens is 4. The molecule has 4 aromatic heterocycles. The number of nitrogens with two attached hydrogens (primary N) is 1. The molecule has 0 spiro atoms. The number of carbonyl (C=O) groups is 7. The maximum atomic E-state index is 12.7. The number of aliphatic carboxylic acids is 1. The number of nitro groups is 1. The zero-order valence-electron chi connectivity index (χ0n) is 84.7. The molecule has 6 N–H and O–H groups in total. The van der Waals surface area contributed by atoms with Crippen molar-refractivity contribution in [2.45, 2.75) is 358 Å². The van der Waals surface area contributed by atoms with Crippen LogP contribution in [0.25, 0.3) is 45.3 Å². The molecule has 784 valence electrons. The number of nitrogens with zero attached hydrogens (tertiary/aromatic N) is 7. The van der Waals surface area contributed by atoms with Crippen LogP contribution in [-0.4, -0.2) is 151 Å². The fraction of sp³-hybridized carbons (Fsp3) is 0.559. The van der Waals surface area contributed by atoms with Crippen molar-refractivity contribution in [3.63, 3.8) is 0 Å². The number of esters is 3. The lowest BCUT2D eigenvalue weighted by Crippen LogP contribution is -2.42. The average molecular weight is 1990 g/mol. The predicted octanol–water partition coefficient (Wildman–Crippen LogP) is 24.0. The topological polar surface area (TPSA) is 429 Å². The van der Waals surface area contributed by atoms with E-state index in [0.717, 1.165) is 176 Å². The molecule has 7 aliphatic carbocycles. The molecule has 0 bridgehead atoms. The van der Waals surface area contributed by atoms with Crippen LogP contribution < -0.4 is 45.4 Å². The van der Waals surface area contributed by atoms with Crippen LogP contribution in [0.1, 0.15) is 295 Å². The van der Waals surface area contributed by atoms with E-state index >= 15 is 0 Å². The van der Waals surface area contributed by atoms with Crippen molar-refractivity contribution in [1.82, 2.24) is 46.4 Å². The number of benzene rings is 5. The number of carboxylic acid groups (broad SMARTS) is 1. The van der Waals surface area contributed by atoms with Crippen LogP contribution in [0.3, 0.4) is 0 Å². The van der Waals surface area contributed by atoms with E-state index in [1.165, 1.54) is 82.1 Å². The van der Waals surface area contributed by atoms with Crippen molar-refractivity contribution in [2.24, 2.45) is 35.3 Å². The number of hydrogen-bond acceptors (Lipinski definition) is 26. The number of carbonyl (C=O) groups excluding carboxylic acids is 6. The fourth-order valence-electron chi connectivity index (χ4n) is 19.5. The smallest absolute Gasteiger partial charge is 0.412 e. The first-order valence-electron chi connectivity index (χ1n) is 51.0. The lowest BCUT2D eigenvalue weighted by molar-refractivity contribution is -0.384. The SMILES string of the molecule is C.C.CCC1CCCC1.Cc1noc(-c2ccc(O[C@H]3CCC[C@H](C(=O)O)C3)cc2)c1CNC(=O)N(C)C1CCCC1.Cc1noc(-c2ccc(O[C@H]3CCC[C@H](C(=O)OC(C)C)C3)cc2)c1CN.Cc1noc(-c2ccc(O[C@H]3CCC[C@H](C(=O)OC(C)C)C3)cc2)c1CNC(=O)N(C)C1CCCC1.Cc1noc(-c2ccc(O[C@H]3CCC[C@H](C(=O)OC(C)C)C3)cc2)c1CNC(=O)Oc1ccc([N+](=O)[O-])cc1. The predicted molar refractivity (Wildman–Crippen MR) is 548 cm³/mol. The molecule has 4 heterocycles. The van der Waals surface area contributed by atoms with Crippen molar-refractivity contribution in [2.75, 3.05) is 14.1 Å². The average Bonchev–Trinajstić information content (AvgIpc) is 1.66. The Balaban J connectivity index is 0.000000193. The van der Waals surface area contributed by atoms with Crippen molar-refractivity contribution in [1.29, 1.82) is 0 Å². The monoisotopic (exact) mass is 1990 g/mol. The van der Waals surface area contributed by atoms with Crippen LogP contribution in [0.4, 0.5) is 20.1 Å². The van der Waals surface area contributed by atoms with Gasteiger partial charge in [-0.15, -0.1) is 0 Å². The van der Waals surface area contributed by atoms with E-state index in [2.05, 4.69) is 43.5 Å². The summed E-state index contributed by atoms with van der Waals surface area (Å²) in [5.74, 6) is 4.91. The van der Waals surface area contributed by atoms with Gasteiger partial charge < -0.3 is 92.6 Å². The molecule has 16 rings (SSSR count). The highest BCUT2D eigenvalue weighted by atomic mass is 16.6. The van der Waals surface area contributed by atoms with Crippen LogP contribution >= 0.6 is 0 Å². The van der Waals surface area contributed by atoms with E-state index in [0.29, 0.717) is 103 Å². The minimum atomic E-state index is -0.742. The molecule has 8 atom stereocenters. The van der Waals surface area contributed by atoms with E-state index in [1.54, 1.807) is 6.92 Å². The highest BCUT2D eigenvalue weighted by molar-refractivity contribution is 5.78. The normalized spacial score (nSPS) is 19.4. The molecule has 0 radical (unpaired) electrons. The van der Waals surface area contributed by atoms with Gasteiger partial charge in [-0.25, -0.2) is 14.4 Å². The van der Waals surface area contributed by atoms with Crippen LogP contribution in [0, 0.1) is 67.4 Å². The van der Waals surface area contributed by atoms with Crippen LogP contribution in [0.5, 0.6) is 28.7 Å². The highest BCUT2D eigenvalue weighted by Crippen LogP contribution is 2.40. The van der Waals surface area contributed by atoms with Crippen LogP contribution in [0.2, 0.25) is 0 Å². The Morgan fingerprint density at radius 1 is 0.403 bits per heavy atom. The quantitative estimate of drug-likeness (QED) is 0.0117. The summed E-state index contributed by atoms with van der Waals surface area (Å²) in [4.78, 5) is 99.5. The lowest BCUT2D eigenvalue weighted by atomic mass is 9.87. The summed E-state index contributed by atoms with van der Waals surface area (Å²) in [7, 11) is 3.73. The molecule has 0 aliphatic heterocycles. The van der Waals surface area contributed by atoms with Crippen LogP contribution in [-0.2, 0) is 59.6 Å². The van der Waals surface area contributed by atoms with E-state index in [9.17, 15) is 48.8 Å². The van der Waals surface area contributed by atoms with Gasteiger partial charge in [0, 0.05) is 89.4 Å². The summed E-state index contributed by atoms with van der Waals surface area (Å²) in [6, 6.07) is 36.1. The lowest BCUT2D eigenvalue weighted by Gasteiger charge is -2.29. The van der Waals surface area contributed by atoms with E-state index in [4.69, 9.17) is 61.7 Å². The van der Waals surface area contributed by atoms with E-state index in [-0.39, 0.29) is 129 Å². The minimum absolute atomic E-state index is 0. The number of amides is 5. The Hall–Kier alpha value is -12.8. The van der Waals surface area contributed by atoms with Gasteiger partial charge in [0.15, 0.2) is 23.0 Å². The summed E-state index contributed by atoms with van der Waals surface area (Å²) in [6.45, 7) is 22.1. The first-order chi connectivity index (χ1) is 68.3. The van der Waals surface area contributed by atoms with Gasteiger partial charge in [0.25, 0.3) is 5.69 Å². The molecule has 7 aliphatic rings. The number of urea groups is 2. The fourth-order valence-corrected chi connectivity index (χ4v) is 19.5. The Morgan fingerprint density at radius 2 is 0.681 bits per heavy atom. The number of ether oxygens (including phenoxy) is 8. The molecule has 144 heavy (non-hydrogen) atoms. The second-order valence-corrected chi connectivity index (χ2v) is 39.3. The molecule has 9 aromatic rings. The number of carboxylic acids is 1. The summed E-state index contributed by atoms with van der Waals surface area (Å²) in [6.07, 6.45) is 28.4.